The SMILES string of the molecule is CCC1(N2CCN(CCc3ccncc3)CC2)CCOC(C)(C)C1. The van der Waals surface area contributed by atoms with Gasteiger partial charge in [0.25, 0.3) is 0 Å². The minimum atomic E-state index is 0.0206. The first-order chi connectivity index (χ1) is 11.5. The van der Waals surface area contributed by atoms with Crippen molar-refractivity contribution in [2.75, 3.05) is 39.3 Å². The largest absolute Gasteiger partial charge is 0.375 e. The Kier molecular flexibility index (Phi) is 5.58. The molecule has 4 nitrogen and oxygen atoms in total. The highest BCUT2D eigenvalue weighted by Crippen LogP contribution is 2.39. The van der Waals surface area contributed by atoms with Crippen molar-refractivity contribution in [1.29, 1.82) is 0 Å². The van der Waals surface area contributed by atoms with Crippen molar-refractivity contribution in [3.63, 3.8) is 0 Å². The van der Waals surface area contributed by atoms with E-state index in [1.165, 1.54) is 44.6 Å². The molecule has 0 radical (unpaired) electrons. The molecule has 2 aliphatic rings. The Morgan fingerprint density at radius 3 is 2.46 bits per heavy atom. The summed E-state index contributed by atoms with van der Waals surface area (Å²) < 4.78 is 5.98. The maximum Gasteiger partial charge on any atom is 0.0644 e. The number of pyridine rings is 1. The van der Waals surface area contributed by atoms with E-state index < -0.39 is 0 Å². The number of aromatic nitrogens is 1. The third-order valence-corrected chi connectivity index (χ3v) is 5.98. The third-order valence-electron chi connectivity index (χ3n) is 5.98. The van der Waals surface area contributed by atoms with Gasteiger partial charge in [-0.25, -0.2) is 0 Å². The van der Waals surface area contributed by atoms with E-state index in [-0.39, 0.29) is 5.60 Å². The van der Waals surface area contributed by atoms with Crippen LogP contribution < -0.4 is 0 Å². The second kappa shape index (κ2) is 7.51. The average molecular weight is 332 g/mol. The smallest absolute Gasteiger partial charge is 0.0644 e. The molecule has 0 bridgehead atoms. The predicted molar refractivity (Wildman–Crippen MR) is 98.2 cm³/mol. The minimum Gasteiger partial charge on any atom is -0.375 e. The molecule has 2 fully saturated rings. The molecule has 2 saturated heterocycles. The van der Waals surface area contributed by atoms with Gasteiger partial charge in [0.05, 0.1) is 5.60 Å². The first-order valence-corrected chi connectivity index (χ1v) is 9.53. The number of rotatable bonds is 5. The summed E-state index contributed by atoms with van der Waals surface area (Å²) in [4.78, 5) is 9.48. The first kappa shape index (κ1) is 17.8. The van der Waals surface area contributed by atoms with Gasteiger partial charge in [-0.05, 0) is 57.2 Å². The summed E-state index contributed by atoms with van der Waals surface area (Å²) in [6.07, 6.45) is 8.49. The maximum absolute atomic E-state index is 5.98. The van der Waals surface area contributed by atoms with Crippen LogP contribution in [0, 0.1) is 0 Å². The van der Waals surface area contributed by atoms with E-state index in [2.05, 4.69) is 47.7 Å². The Bertz CT molecular complexity index is 511. The summed E-state index contributed by atoms with van der Waals surface area (Å²) in [6, 6.07) is 4.26. The van der Waals surface area contributed by atoms with Crippen molar-refractivity contribution < 1.29 is 4.74 Å². The minimum absolute atomic E-state index is 0.0206. The second-order valence-corrected chi connectivity index (χ2v) is 8.05. The Morgan fingerprint density at radius 1 is 1.12 bits per heavy atom. The van der Waals surface area contributed by atoms with Crippen LogP contribution in [0.2, 0.25) is 0 Å². The van der Waals surface area contributed by atoms with E-state index in [0.29, 0.717) is 5.54 Å². The second-order valence-electron chi connectivity index (χ2n) is 8.05. The highest BCUT2D eigenvalue weighted by molar-refractivity contribution is 5.10. The van der Waals surface area contributed by atoms with Gasteiger partial charge in [0.2, 0.25) is 0 Å². The van der Waals surface area contributed by atoms with Crippen molar-refractivity contribution in [2.24, 2.45) is 0 Å². The van der Waals surface area contributed by atoms with Crippen LogP contribution in [0.15, 0.2) is 24.5 Å². The number of ether oxygens (including phenoxy) is 1. The molecule has 0 saturated carbocycles. The standard InChI is InChI=1S/C20H33N3O/c1-4-20(8-16-24-19(2,3)17-20)23-14-12-22(13-15-23)11-7-18-5-9-21-10-6-18/h5-6,9-10H,4,7-8,11-17H2,1-3H3. The molecule has 0 spiro atoms. The summed E-state index contributed by atoms with van der Waals surface area (Å²) in [5, 5.41) is 0. The van der Waals surface area contributed by atoms with E-state index in [1.807, 2.05) is 12.4 Å². The van der Waals surface area contributed by atoms with Crippen molar-refractivity contribution >= 4 is 0 Å². The number of nitrogens with zero attached hydrogens (tertiary/aromatic N) is 3. The summed E-state index contributed by atoms with van der Waals surface area (Å²) in [7, 11) is 0. The van der Waals surface area contributed by atoms with Crippen LogP contribution in [0.4, 0.5) is 0 Å². The molecule has 0 aromatic carbocycles. The lowest BCUT2D eigenvalue weighted by atomic mass is 9.77. The van der Waals surface area contributed by atoms with Crippen LogP contribution in [0.1, 0.15) is 45.6 Å². The zero-order valence-electron chi connectivity index (χ0n) is 15.6. The molecule has 0 amide bonds. The van der Waals surface area contributed by atoms with Gasteiger partial charge in [0.1, 0.15) is 0 Å². The van der Waals surface area contributed by atoms with Gasteiger partial charge in [0.15, 0.2) is 0 Å². The molecule has 2 aliphatic heterocycles. The number of piperazine rings is 1. The lowest BCUT2D eigenvalue weighted by molar-refractivity contribution is -0.128. The highest BCUT2D eigenvalue weighted by atomic mass is 16.5. The van der Waals surface area contributed by atoms with E-state index >= 15 is 0 Å². The zero-order chi connectivity index (χ0) is 17.0. The molecule has 1 aromatic rings. The van der Waals surface area contributed by atoms with Gasteiger partial charge in [-0.2, -0.15) is 0 Å². The summed E-state index contributed by atoms with van der Waals surface area (Å²) in [5.41, 5.74) is 1.76. The Labute approximate surface area is 147 Å². The van der Waals surface area contributed by atoms with Crippen molar-refractivity contribution in [1.82, 2.24) is 14.8 Å². The van der Waals surface area contributed by atoms with Gasteiger partial charge in [-0.3, -0.25) is 9.88 Å². The predicted octanol–water partition coefficient (Wildman–Crippen LogP) is 2.98. The molecule has 24 heavy (non-hydrogen) atoms. The molecule has 1 aromatic heterocycles. The molecule has 0 N–H and O–H groups in total. The third kappa shape index (κ3) is 4.16. The number of hydrogen-bond donors (Lipinski definition) is 0. The monoisotopic (exact) mass is 331 g/mol. The van der Waals surface area contributed by atoms with Crippen LogP contribution in [0.25, 0.3) is 0 Å². The lowest BCUT2D eigenvalue weighted by Gasteiger charge is -2.53. The van der Waals surface area contributed by atoms with E-state index in [1.54, 1.807) is 0 Å². The summed E-state index contributed by atoms with van der Waals surface area (Å²) in [6.45, 7) is 13.7. The molecule has 4 heteroatoms. The summed E-state index contributed by atoms with van der Waals surface area (Å²) >= 11 is 0. The molecule has 1 atom stereocenters. The van der Waals surface area contributed by atoms with Crippen LogP contribution in [0.5, 0.6) is 0 Å². The van der Waals surface area contributed by atoms with E-state index in [0.717, 1.165) is 26.0 Å². The van der Waals surface area contributed by atoms with Crippen molar-refractivity contribution in [2.45, 2.75) is 57.6 Å². The van der Waals surface area contributed by atoms with Gasteiger partial charge in [-0.15, -0.1) is 0 Å². The van der Waals surface area contributed by atoms with Gasteiger partial charge in [-0.1, -0.05) is 6.92 Å². The molecular weight excluding hydrogens is 298 g/mol. The Morgan fingerprint density at radius 2 is 1.83 bits per heavy atom. The maximum atomic E-state index is 5.98. The molecule has 3 heterocycles. The number of hydrogen-bond acceptors (Lipinski definition) is 4. The summed E-state index contributed by atoms with van der Waals surface area (Å²) in [5.74, 6) is 0. The van der Waals surface area contributed by atoms with Gasteiger partial charge in [0, 0.05) is 57.3 Å². The lowest BCUT2D eigenvalue weighted by Crippen LogP contribution is -2.61. The fraction of sp³-hybridized carbons (Fsp3) is 0.750. The highest BCUT2D eigenvalue weighted by Gasteiger charge is 2.44. The van der Waals surface area contributed by atoms with Crippen LogP contribution >= 0.6 is 0 Å². The topological polar surface area (TPSA) is 28.6 Å². The van der Waals surface area contributed by atoms with Gasteiger partial charge >= 0.3 is 0 Å². The Hall–Kier alpha value is -0.970. The average Bonchev–Trinajstić information content (AvgIpc) is 2.60. The van der Waals surface area contributed by atoms with Gasteiger partial charge < -0.3 is 9.64 Å². The van der Waals surface area contributed by atoms with E-state index in [4.69, 9.17) is 4.74 Å². The first-order valence-electron chi connectivity index (χ1n) is 9.53. The van der Waals surface area contributed by atoms with Crippen LogP contribution in [-0.4, -0.2) is 65.3 Å². The fourth-order valence-electron chi connectivity index (χ4n) is 4.53. The normalized spacial score (nSPS) is 28.8. The molecule has 134 valence electrons. The quantitative estimate of drug-likeness (QED) is 0.829. The van der Waals surface area contributed by atoms with Crippen molar-refractivity contribution in [3.05, 3.63) is 30.1 Å². The van der Waals surface area contributed by atoms with Crippen LogP contribution in [0.3, 0.4) is 0 Å². The molecule has 0 aliphatic carbocycles. The fourth-order valence-corrected chi connectivity index (χ4v) is 4.53. The molecular formula is C20H33N3O. The molecule has 3 rings (SSSR count). The Balaban J connectivity index is 1.52. The van der Waals surface area contributed by atoms with E-state index in [9.17, 15) is 0 Å². The zero-order valence-corrected chi connectivity index (χ0v) is 15.6. The molecule has 1 unspecified atom stereocenters. The van der Waals surface area contributed by atoms with Crippen LogP contribution in [-0.2, 0) is 11.2 Å². The van der Waals surface area contributed by atoms with Crippen molar-refractivity contribution in [3.8, 4) is 0 Å².